The number of piperazine rings is 1. The molecule has 1 N–H and O–H groups in total. The summed E-state index contributed by atoms with van der Waals surface area (Å²) in [6.45, 7) is 4.59. The summed E-state index contributed by atoms with van der Waals surface area (Å²) in [6.07, 6.45) is 0. The largest absolute Gasteiger partial charge is 0.333 e. The molecule has 1 amide bonds. The maximum Gasteiger partial charge on any atom is 0.255 e. The molecule has 1 aromatic rings. The van der Waals surface area contributed by atoms with Crippen LogP contribution in [0.5, 0.6) is 0 Å². The third kappa shape index (κ3) is 3.00. The third-order valence-electron chi connectivity index (χ3n) is 2.92. The first-order chi connectivity index (χ1) is 8.09. The highest BCUT2D eigenvalue weighted by atomic mass is 127. The van der Waals surface area contributed by atoms with Crippen molar-refractivity contribution in [3.63, 3.8) is 0 Å². The molecular formula is C12H14BrIN2O. The summed E-state index contributed by atoms with van der Waals surface area (Å²) in [6, 6.07) is 6.10. The summed E-state index contributed by atoms with van der Waals surface area (Å²) in [7, 11) is 0. The van der Waals surface area contributed by atoms with Gasteiger partial charge in [0, 0.05) is 33.7 Å². The zero-order valence-electron chi connectivity index (χ0n) is 9.54. The summed E-state index contributed by atoms with van der Waals surface area (Å²) >= 11 is 5.68. The number of rotatable bonds is 1. The van der Waals surface area contributed by atoms with Gasteiger partial charge in [0.25, 0.3) is 5.91 Å². The topological polar surface area (TPSA) is 32.3 Å². The molecule has 0 bridgehead atoms. The second kappa shape index (κ2) is 5.67. The van der Waals surface area contributed by atoms with Crippen molar-refractivity contribution < 1.29 is 4.79 Å². The number of carbonyl (C=O) groups excluding carboxylic acids is 1. The molecule has 3 nitrogen and oxygen atoms in total. The minimum Gasteiger partial charge on any atom is -0.333 e. The van der Waals surface area contributed by atoms with E-state index in [1.165, 1.54) is 0 Å². The fourth-order valence-corrected chi connectivity index (χ4v) is 2.87. The maximum atomic E-state index is 12.4. The summed E-state index contributed by atoms with van der Waals surface area (Å²) in [4.78, 5) is 14.4. The van der Waals surface area contributed by atoms with E-state index in [2.05, 4.69) is 50.8 Å². The van der Waals surface area contributed by atoms with Gasteiger partial charge in [-0.3, -0.25) is 4.79 Å². The molecule has 0 radical (unpaired) electrons. The molecule has 2 rings (SSSR count). The second-order valence-electron chi connectivity index (χ2n) is 4.18. The first kappa shape index (κ1) is 13.3. The van der Waals surface area contributed by atoms with E-state index in [0.29, 0.717) is 0 Å². The van der Waals surface area contributed by atoms with Crippen molar-refractivity contribution in [2.75, 3.05) is 19.6 Å². The molecule has 0 aliphatic carbocycles. The monoisotopic (exact) mass is 408 g/mol. The lowest BCUT2D eigenvalue weighted by molar-refractivity contribution is 0.0654. The standard InChI is InChI=1S/C12H14BrIN2O/c1-8-7-15-4-5-16(8)12(17)10-6-9(14)2-3-11(10)13/h2-3,6,8,15H,4-5,7H2,1H3/t8-/m1/s1. The number of nitrogens with one attached hydrogen (secondary N) is 1. The van der Waals surface area contributed by atoms with Crippen LogP contribution in [0.1, 0.15) is 17.3 Å². The van der Waals surface area contributed by atoms with Crippen LogP contribution in [-0.4, -0.2) is 36.5 Å². The predicted octanol–water partition coefficient (Wildman–Crippen LogP) is 2.49. The Kier molecular flexibility index (Phi) is 4.43. The van der Waals surface area contributed by atoms with Crippen LogP contribution in [0, 0.1) is 3.57 Å². The molecule has 1 atom stereocenters. The molecule has 1 saturated heterocycles. The lowest BCUT2D eigenvalue weighted by atomic mass is 10.1. The average molecular weight is 409 g/mol. The van der Waals surface area contributed by atoms with E-state index < -0.39 is 0 Å². The van der Waals surface area contributed by atoms with Crippen LogP contribution in [0.15, 0.2) is 22.7 Å². The van der Waals surface area contributed by atoms with Gasteiger partial charge in [0.1, 0.15) is 0 Å². The van der Waals surface area contributed by atoms with E-state index in [4.69, 9.17) is 0 Å². The van der Waals surface area contributed by atoms with Gasteiger partial charge in [0.05, 0.1) is 5.56 Å². The summed E-state index contributed by atoms with van der Waals surface area (Å²) < 4.78 is 1.95. The highest BCUT2D eigenvalue weighted by molar-refractivity contribution is 14.1. The van der Waals surface area contributed by atoms with E-state index in [9.17, 15) is 4.79 Å². The molecule has 5 heteroatoms. The summed E-state index contributed by atoms with van der Waals surface area (Å²) in [5.41, 5.74) is 0.755. The van der Waals surface area contributed by atoms with Crippen LogP contribution in [-0.2, 0) is 0 Å². The zero-order valence-corrected chi connectivity index (χ0v) is 13.3. The maximum absolute atomic E-state index is 12.4. The fraction of sp³-hybridized carbons (Fsp3) is 0.417. The Morgan fingerprint density at radius 2 is 2.35 bits per heavy atom. The third-order valence-corrected chi connectivity index (χ3v) is 4.28. The van der Waals surface area contributed by atoms with Crippen LogP contribution in [0.4, 0.5) is 0 Å². The van der Waals surface area contributed by atoms with E-state index in [1.807, 2.05) is 23.1 Å². The highest BCUT2D eigenvalue weighted by Crippen LogP contribution is 2.22. The molecule has 1 heterocycles. The van der Waals surface area contributed by atoms with Crippen molar-refractivity contribution >= 4 is 44.4 Å². The molecule has 92 valence electrons. The van der Waals surface area contributed by atoms with Crippen LogP contribution in [0.2, 0.25) is 0 Å². The molecule has 0 saturated carbocycles. The number of hydrogen-bond acceptors (Lipinski definition) is 2. The predicted molar refractivity (Wildman–Crippen MR) is 80.2 cm³/mol. The van der Waals surface area contributed by atoms with Gasteiger partial charge in [-0.2, -0.15) is 0 Å². The molecule has 1 fully saturated rings. The SMILES string of the molecule is C[C@@H]1CNCCN1C(=O)c1cc(I)ccc1Br. The molecule has 1 aliphatic rings. The second-order valence-corrected chi connectivity index (χ2v) is 6.28. The Morgan fingerprint density at radius 1 is 1.59 bits per heavy atom. The number of nitrogens with zero attached hydrogens (tertiary/aromatic N) is 1. The van der Waals surface area contributed by atoms with Crippen LogP contribution >= 0.6 is 38.5 Å². The van der Waals surface area contributed by atoms with Crippen molar-refractivity contribution in [3.05, 3.63) is 31.8 Å². The molecule has 17 heavy (non-hydrogen) atoms. The van der Waals surface area contributed by atoms with Crippen molar-refractivity contribution in [1.29, 1.82) is 0 Å². The Labute approximate surface area is 123 Å². The number of hydrogen-bond donors (Lipinski definition) is 1. The van der Waals surface area contributed by atoms with E-state index in [-0.39, 0.29) is 11.9 Å². The van der Waals surface area contributed by atoms with Crippen LogP contribution in [0.25, 0.3) is 0 Å². The Morgan fingerprint density at radius 3 is 3.06 bits per heavy atom. The van der Waals surface area contributed by atoms with Crippen LogP contribution < -0.4 is 5.32 Å². The van der Waals surface area contributed by atoms with Crippen LogP contribution in [0.3, 0.4) is 0 Å². The average Bonchev–Trinajstić information content (AvgIpc) is 2.32. The van der Waals surface area contributed by atoms with Crippen molar-refractivity contribution in [2.24, 2.45) is 0 Å². The first-order valence-electron chi connectivity index (χ1n) is 5.56. The van der Waals surface area contributed by atoms with Gasteiger partial charge < -0.3 is 10.2 Å². The number of halogens is 2. The Hall–Kier alpha value is -0.140. The minimum atomic E-state index is 0.115. The highest BCUT2D eigenvalue weighted by Gasteiger charge is 2.25. The molecule has 0 aromatic heterocycles. The normalized spacial score (nSPS) is 20.4. The molecule has 0 spiro atoms. The first-order valence-corrected chi connectivity index (χ1v) is 7.43. The van der Waals surface area contributed by atoms with Crippen molar-refractivity contribution in [1.82, 2.24) is 10.2 Å². The van der Waals surface area contributed by atoms with Crippen molar-refractivity contribution in [3.8, 4) is 0 Å². The number of benzene rings is 1. The van der Waals surface area contributed by atoms with Crippen molar-refractivity contribution in [2.45, 2.75) is 13.0 Å². The van der Waals surface area contributed by atoms with Gasteiger partial charge in [-0.15, -0.1) is 0 Å². The Balaban J connectivity index is 2.26. The smallest absolute Gasteiger partial charge is 0.255 e. The number of amides is 1. The lowest BCUT2D eigenvalue weighted by Crippen LogP contribution is -2.52. The summed E-state index contributed by atoms with van der Waals surface area (Å²) in [5.74, 6) is 0.115. The molecule has 1 aromatic carbocycles. The lowest BCUT2D eigenvalue weighted by Gasteiger charge is -2.34. The van der Waals surface area contributed by atoms with E-state index in [1.54, 1.807) is 0 Å². The van der Waals surface area contributed by atoms with Gasteiger partial charge in [0.15, 0.2) is 0 Å². The number of carbonyl (C=O) groups is 1. The van der Waals surface area contributed by atoms with E-state index in [0.717, 1.165) is 33.2 Å². The quantitative estimate of drug-likeness (QED) is 0.724. The van der Waals surface area contributed by atoms with Gasteiger partial charge in [-0.05, 0) is 63.6 Å². The molecular weight excluding hydrogens is 395 g/mol. The van der Waals surface area contributed by atoms with E-state index >= 15 is 0 Å². The van der Waals surface area contributed by atoms with Gasteiger partial charge in [-0.25, -0.2) is 0 Å². The molecule has 1 aliphatic heterocycles. The minimum absolute atomic E-state index is 0.115. The van der Waals surface area contributed by atoms with Gasteiger partial charge in [0.2, 0.25) is 0 Å². The van der Waals surface area contributed by atoms with Gasteiger partial charge in [-0.1, -0.05) is 0 Å². The Bertz CT molecular complexity index is 439. The fourth-order valence-electron chi connectivity index (χ4n) is 1.96. The summed E-state index contributed by atoms with van der Waals surface area (Å²) in [5, 5.41) is 3.29. The molecule has 0 unspecified atom stereocenters. The zero-order chi connectivity index (χ0) is 12.4. The van der Waals surface area contributed by atoms with Gasteiger partial charge >= 0.3 is 0 Å².